The van der Waals surface area contributed by atoms with Crippen LogP contribution in [0.2, 0.25) is 0 Å². The molecule has 0 aliphatic heterocycles. The van der Waals surface area contributed by atoms with E-state index >= 15 is 0 Å². The lowest BCUT2D eigenvalue weighted by molar-refractivity contribution is -0.137. The first kappa shape index (κ1) is 15.6. The van der Waals surface area contributed by atoms with E-state index in [0.29, 0.717) is 17.3 Å². The fourth-order valence-electron chi connectivity index (χ4n) is 2.30. The maximum absolute atomic E-state index is 14.0. The fraction of sp³-hybridized carbons (Fsp3) is 0.176. The lowest BCUT2D eigenvalue weighted by atomic mass is 10.2. The number of halogens is 1. The monoisotopic (exact) mass is 330 g/mol. The molecule has 118 valence electrons. The van der Waals surface area contributed by atoms with Crippen molar-refractivity contribution in [3.8, 4) is 0 Å². The predicted molar refractivity (Wildman–Crippen MR) is 88.0 cm³/mol. The van der Waals surface area contributed by atoms with Crippen LogP contribution in [0.4, 0.5) is 4.39 Å². The third kappa shape index (κ3) is 3.37. The normalized spacial score (nSPS) is 10.9. The van der Waals surface area contributed by atoms with Crippen molar-refractivity contribution in [2.75, 3.05) is 12.9 Å². The van der Waals surface area contributed by atoms with E-state index in [2.05, 4.69) is 9.72 Å². The van der Waals surface area contributed by atoms with Gasteiger partial charge in [-0.15, -0.1) is 0 Å². The highest BCUT2D eigenvalue weighted by Gasteiger charge is 2.14. The van der Waals surface area contributed by atoms with Gasteiger partial charge >= 0.3 is 5.97 Å². The van der Waals surface area contributed by atoms with E-state index in [1.54, 1.807) is 18.2 Å². The van der Waals surface area contributed by atoms with Crippen LogP contribution in [0.1, 0.15) is 5.56 Å². The van der Waals surface area contributed by atoms with Gasteiger partial charge in [0.15, 0.2) is 5.16 Å². The summed E-state index contributed by atoms with van der Waals surface area (Å²) in [6.07, 6.45) is 0. The van der Waals surface area contributed by atoms with Gasteiger partial charge in [0.1, 0.15) is 5.82 Å². The number of methoxy groups -OCH3 is 1. The molecule has 3 rings (SSSR count). The maximum atomic E-state index is 14.0. The van der Waals surface area contributed by atoms with Crippen molar-refractivity contribution in [1.82, 2.24) is 9.55 Å². The van der Waals surface area contributed by atoms with Crippen molar-refractivity contribution in [2.24, 2.45) is 0 Å². The largest absolute Gasteiger partial charge is 0.468 e. The van der Waals surface area contributed by atoms with E-state index in [4.69, 9.17) is 0 Å². The van der Waals surface area contributed by atoms with E-state index in [1.165, 1.54) is 24.9 Å². The van der Waals surface area contributed by atoms with Crippen LogP contribution in [-0.2, 0) is 16.1 Å². The van der Waals surface area contributed by atoms with E-state index in [0.717, 1.165) is 11.0 Å². The smallest absolute Gasteiger partial charge is 0.316 e. The van der Waals surface area contributed by atoms with Crippen LogP contribution >= 0.6 is 11.8 Å². The van der Waals surface area contributed by atoms with Crippen LogP contribution in [0.15, 0.2) is 53.7 Å². The van der Waals surface area contributed by atoms with Crippen LogP contribution in [0, 0.1) is 5.82 Å². The molecule has 0 N–H and O–H groups in total. The van der Waals surface area contributed by atoms with Crippen molar-refractivity contribution in [2.45, 2.75) is 11.7 Å². The van der Waals surface area contributed by atoms with Crippen LogP contribution < -0.4 is 0 Å². The van der Waals surface area contributed by atoms with Gasteiger partial charge in [-0.1, -0.05) is 42.1 Å². The number of hydrogen-bond acceptors (Lipinski definition) is 4. The molecule has 0 saturated heterocycles. The van der Waals surface area contributed by atoms with Gasteiger partial charge in [0.25, 0.3) is 0 Å². The van der Waals surface area contributed by atoms with Gasteiger partial charge < -0.3 is 9.30 Å². The second-order valence-electron chi connectivity index (χ2n) is 4.93. The van der Waals surface area contributed by atoms with E-state index in [1.807, 2.05) is 28.8 Å². The molecule has 2 aromatic carbocycles. The summed E-state index contributed by atoms with van der Waals surface area (Å²) in [5.74, 6) is -0.411. The number of nitrogens with zero attached hydrogens (tertiary/aromatic N) is 2. The third-order valence-corrected chi connectivity index (χ3v) is 4.40. The number of rotatable bonds is 5. The highest BCUT2D eigenvalue weighted by molar-refractivity contribution is 7.99. The Morgan fingerprint density at radius 1 is 1.22 bits per heavy atom. The van der Waals surface area contributed by atoms with Crippen molar-refractivity contribution in [1.29, 1.82) is 0 Å². The number of hydrogen-bond donors (Lipinski definition) is 0. The minimum Gasteiger partial charge on any atom is -0.468 e. The van der Waals surface area contributed by atoms with Gasteiger partial charge in [0.2, 0.25) is 0 Å². The van der Waals surface area contributed by atoms with Gasteiger partial charge in [-0.3, -0.25) is 4.79 Å². The summed E-state index contributed by atoms with van der Waals surface area (Å²) < 4.78 is 20.6. The number of benzene rings is 2. The van der Waals surface area contributed by atoms with E-state index in [9.17, 15) is 9.18 Å². The fourth-order valence-corrected chi connectivity index (χ4v) is 3.14. The van der Waals surface area contributed by atoms with Crippen molar-refractivity contribution in [3.05, 3.63) is 59.9 Å². The predicted octanol–water partition coefficient (Wildman–Crippen LogP) is 3.49. The van der Waals surface area contributed by atoms with Gasteiger partial charge in [-0.05, 0) is 18.2 Å². The third-order valence-electron chi connectivity index (χ3n) is 3.45. The Morgan fingerprint density at radius 2 is 1.96 bits per heavy atom. The first-order valence-corrected chi connectivity index (χ1v) is 8.06. The van der Waals surface area contributed by atoms with Crippen LogP contribution in [-0.4, -0.2) is 28.4 Å². The molecule has 0 spiro atoms. The Balaban J connectivity index is 1.99. The summed E-state index contributed by atoms with van der Waals surface area (Å²) in [5, 5.41) is 0.667. The molecule has 1 aromatic heterocycles. The van der Waals surface area contributed by atoms with Crippen molar-refractivity contribution >= 4 is 28.8 Å². The topological polar surface area (TPSA) is 44.1 Å². The molecule has 0 radical (unpaired) electrons. The summed E-state index contributed by atoms with van der Waals surface area (Å²) >= 11 is 1.29. The first-order valence-electron chi connectivity index (χ1n) is 7.07. The molecular weight excluding hydrogens is 315 g/mol. The number of thioether (sulfide) groups is 1. The molecule has 0 fully saturated rings. The average Bonchev–Trinajstić information content (AvgIpc) is 2.92. The minimum atomic E-state index is -0.320. The molecule has 0 bridgehead atoms. The highest BCUT2D eigenvalue weighted by atomic mass is 32.2. The molecule has 0 unspecified atom stereocenters. The van der Waals surface area contributed by atoms with Crippen LogP contribution in [0.25, 0.3) is 11.0 Å². The second-order valence-corrected chi connectivity index (χ2v) is 5.87. The number of imidazole rings is 1. The maximum Gasteiger partial charge on any atom is 0.316 e. The molecular formula is C17H15FN2O2S. The highest BCUT2D eigenvalue weighted by Crippen LogP contribution is 2.25. The average molecular weight is 330 g/mol. The Morgan fingerprint density at radius 3 is 2.74 bits per heavy atom. The zero-order valence-electron chi connectivity index (χ0n) is 12.5. The number of carbonyl (C=O) groups is 1. The van der Waals surface area contributed by atoms with Gasteiger partial charge in [-0.2, -0.15) is 0 Å². The van der Waals surface area contributed by atoms with Crippen molar-refractivity contribution < 1.29 is 13.9 Å². The van der Waals surface area contributed by atoms with Crippen LogP contribution in [0.3, 0.4) is 0 Å². The zero-order valence-corrected chi connectivity index (χ0v) is 13.3. The SMILES string of the molecule is COC(=O)CSc1nc2ccccc2n1Cc1ccccc1F. The molecule has 3 aromatic rings. The van der Waals surface area contributed by atoms with Crippen LogP contribution in [0.5, 0.6) is 0 Å². The standard InChI is InChI=1S/C17H15FN2O2S/c1-22-16(21)11-23-17-19-14-8-4-5-9-15(14)20(17)10-12-6-2-3-7-13(12)18/h2-9H,10-11H2,1H3. The molecule has 0 aliphatic rings. The molecule has 0 amide bonds. The van der Waals surface area contributed by atoms with Gasteiger partial charge in [0, 0.05) is 5.56 Å². The molecule has 1 heterocycles. The number of fused-ring (bicyclic) bond motifs is 1. The summed E-state index contributed by atoms with van der Waals surface area (Å²) in [7, 11) is 1.35. The summed E-state index contributed by atoms with van der Waals surface area (Å²) in [4.78, 5) is 15.9. The Labute approximate surface area is 137 Å². The quantitative estimate of drug-likeness (QED) is 0.531. The zero-order chi connectivity index (χ0) is 16.2. The minimum absolute atomic E-state index is 0.164. The van der Waals surface area contributed by atoms with Crippen molar-refractivity contribution in [3.63, 3.8) is 0 Å². The first-order chi connectivity index (χ1) is 11.2. The summed E-state index contributed by atoms with van der Waals surface area (Å²) in [6.45, 7) is 0.358. The summed E-state index contributed by atoms with van der Waals surface area (Å²) in [5.41, 5.74) is 2.30. The molecule has 0 aliphatic carbocycles. The second kappa shape index (κ2) is 6.83. The summed E-state index contributed by atoms with van der Waals surface area (Å²) in [6, 6.07) is 14.3. The Kier molecular flexibility index (Phi) is 4.62. The van der Waals surface area contributed by atoms with Gasteiger partial charge in [-0.25, -0.2) is 9.37 Å². The lowest BCUT2D eigenvalue weighted by Gasteiger charge is -2.09. The Bertz CT molecular complexity index is 847. The molecule has 6 heteroatoms. The number of ether oxygens (including phenoxy) is 1. The molecule has 0 atom stereocenters. The number of carbonyl (C=O) groups excluding carboxylic acids is 1. The Hall–Kier alpha value is -2.34. The molecule has 4 nitrogen and oxygen atoms in total. The number of esters is 1. The van der Waals surface area contributed by atoms with Gasteiger partial charge in [0.05, 0.1) is 30.4 Å². The molecule has 23 heavy (non-hydrogen) atoms. The lowest BCUT2D eigenvalue weighted by Crippen LogP contribution is -2.07. The van der Waals surface area contributed by atoms with E-state index in [-0.39, 0.29) is 17.5 Å². The van der Waals surface area contributed by atoms with E-state index < -0.39 is 0 Å². The molecule has 0 saturated carbocycles. The number of aromatic nitrogens is 2. The number of para-hydroxylation sites is 2.